The summed E-state index contributed by atoms with van der Waals surface area (Å²) in [4.78, 5) is 28.8. The van der Waals surface area contributed by atoms with Gasteiger partial charge in [-0.15, -0.1) is 0 Å². The largest absolute Gasteiger partial charge is 0.450 e. The summed E-state index contributed by atoms with van der Waals surface area (Å²) in [6, 6.07) is 0.386. The summed E-state index contributed by atoms with van der Waals surface area (Å²) in [6.45, 7) is 6.21. The molecule has 0 spiro atoms. The summed E-state index contributed by atoms with van der Waals surface area (Å²) in [6.07, 6.45) is 4.38. The normalized spacial score (nSPS) is 29.7. The molecule has 3 rings (SSSR count). The van der Waals surface area contributed by atoms with E-state index in [1.807, 2.05) is 0 Å². The third kappa shape index (κ3) is 4.00. The second-order valence-corrected chi connectivity index (χ2v) is 6.88. The average molecular weight is 339 g/mol. The van der Waals surface area contributed by atoms with Gasteiger partial charge in [-0.05, 0) is 45.6 Å². The quantitative estimate of drug-likeness (QED) is 0.827. The number of carbonyl (C=O) groups is 2. The third-order valence-corrected chi connectivity index (χ3v) is 5.33. The maximum Gasteiger partial charge on any atom is 0.407 e. The highest BCUT2D eigenvalue weighted by Crippen LogP contribution is 2.26. The molecule has 2 amide bonds. The van der Waals surface area contributed by atoms with Gasteiger partial charge in [-0.2, -0.15) is 0 Å². The zero-order valence-electron chi connectivity index (χ0n) is 14.5. The van der Waals surface area contributed by atoms with Crippen molar-refractivity contribution in [3.63, 3.8) is 0 Å². The molecule has 0 unspecified atom stereocenters. The van der Waals surface area contributed by atoms with Gasteiger partial charge in [-0.1, -0.05) is 0 Å². The zero-order valence-corrected chi connectivity index (χ0v) is 14.5. The first-order chi connectivity index (χ1) is 11.7. The Morgan fingerprint density at radius 3 is 2.79 bits per heavy atom. The van der Waals surface area contributed by atoms with Gasteiger partial charge in [0.1, 0.15) is 0 Å². The molecule has 0 aromatic rings. The number of hydrogen-bond donors (Lipinski definition) is 1. The van der Waals surface area contributed by atoms with Gasteiger partial charge in [0.15, 0.2) is 0 Å². The number of hydrogen-bond acceptors (Lipinski definition) is 5. The van der Waals surface area contributed by atoms with Crippen molar-refractivity contribution in [2.45, 2.75) is 57.2 Å². The summed E-state index contributed by atoms with van der Waals surface area (Å²) in [5.41, 5.74) is 0. The lowest BCUT2D eigenvalue weighted by molar-refractivity contribution is -0.136. The number of ether oxygens (including phenoxy) is 2. The fraction of sp³-hybridized carbons (Fsp3) is 0.882. The van der Waals surface area contributed by atoms with Crippen molar-refractivity contribution < 1.29 is 19.1 Å². The van der Waals surface area contributed by atoms with E-state index < -0.39 is 0 Å². The molecular weight excluding hydrogens is 310 g/mol. The highest BCUT2D eigenvalue weighted by Gasteiger charge is 2.40. The fourth-order valence-electron chi connectivity index (χ4n) is 4.13. The Kier molecular flexibility index (Phi) is 5.94. The maximum absolute atomic E-state index is 12.9. The molecule has 0 saturated carbocycles. The van der Waals surface area contributed by atoms with Crippen LogP contribution in [0.25, 0.3) is 0 Å². The smallest absolute Gasteiger partial charge is 0.407 e. The van der Waals surface area contributed by atoms with Gasteiger partial charge >= 0.3 is 6.09 Å². The SMILES string of the molecule is CCOC(=O)N[C@H]1CCCN([C@H]2CCN(C3CCOCC3)C2=O)C1. The summed E-state index contributed by atoms with van der Waals surface area (Å²) in [5.74, 6) is 0.263. The molecule has 3 saturated heterocycles. The van der Waals surface area contributed by atoms with Crippen LogP contribution in [0.1, 0.15) is 39.0 Å². The second kappa shape index (κ2) is 8.16. The first-order valence-electron chi connectivity index (χ1n) is 9.24. The Morgan fingerprint density at radius 1 is 1.25 bits per heavy atom. The molecule has 0 aromatic carbocycles. The summed E-state index contributed by atoms with van der Waals surface area (Å²) in [5, 5.41) is 2.92. The van der Waals surface area contributed by atoms with Crippen molar-refractivity contribution in [2.24, 2.45) is 0 Å². The van der Waals surface area contributed by atoms with E-state index in [4.69, 9.17) is 9.47 Å². The van der Waals surface area contributed by atoms with Crippen LogP contribution in [0.3, 0.4) is 0 Å². The van der Waals surface area contributed by atoms with Crippen LogP contribution in [0, 0.1) is 0 Å². The maximum atomic E-state index is 12.9. The monoisotopic (exact) mass is 339 g/mol. The number of nitrogens with zero attached hydrogens (tertiary/aromatic N) is 2. The van der Waals surface area contributed by atoms with E-state index in [9.17, 15) is 9.59 Å². The number of amides is 2. The fourth-order valence-corrected chi connectivity index (χ4v) is 4.13. The lowest BCUT2D eigenvalue weighted by atomic mass is 10.0. The topological polar surface area (TPSA) is 71.1 Å². The van der Waals surface area contributed by atoms with Gasteiger partial charge in [0, 0.05) is 38.4 Å². The number of rotatable bonds is 4. The van der Waals surface area contributed by atoms with Crippen molar-refractivity contribution in [3.05, 3.63) is 0 Å². The van der Waals surface area contributed by atoms with Crippen LogP contribution in [0.15, 0.2) is 0 Å². The lowest BCUT2D eigenvalue weighted by Gasteiger charge is -2.37. The van der Waals surface area contributed by atoms with E-state index in [0.29, 0.717) is 12.6 Å². The van der Waals surface area contributed by atoms with Gasteiger partial charge in [0.25, 0.3) is 0 Å². The Bertz CT molecular complexity index is 453. The van der Waals surface area contributed by atoms with Crippen LogP contribution >= 0.6 is 0 Å². The van der Waals surface area contributed by atoms with Crippen molar-refractivity contribution in [1.82, 2.24) is 15.1 Å². The van der Waals surface area contributed by atoms with Crippen LogP contribution in [0.4, 0.5) is 4.79 Å². The molecule has 7 heteroatoms. The van der Waals surface area contributed by atoms with Crippen molar-refractivity contribution in [2.75, 3.05) is 39.5 Å². The van der Waals surface area contributed by atoms with Gasteiger partial charge in [0.2, 0.25) is 5.91 Å². The van der Waals surface area contributed by atoms with E-state index >= 15 is 0 Å². The molecule has 24 heavy (non-hydrogen) atoms. The molecule has 1 N–H and O–H groups in total. The first kappa shape index (κ1) is 17.5. The van der Waals surface area contributed by atoms with Gasteiger partial charge in [-0.25, -0.2) is 4.79 Å². The molecule has 3 heterocycles. The molecule has 3 aliphatic rings. The van der Waals surface area contributed by atoms with E-state index in [-0.39, 0.29) is 24.1 Å². The Labute approximate surface area is 143 Å². The molecule has 3 fully saturated rings. The minimum atomic E-state index is -0.356. The van der Waals surface area contributed by atoms with Gasteiger partial charge < -0.3 is 19.7 Å². The van der Waals surface area contributed by atoms with Crippen LogP contribution in [-0.4, -0.2) is 79.4 Å². The zero-order chi connectivity index (χ0) is 16.9. The first-order valence-corrected chi connectivity index (χ1v) is 9.24. The highest BCUT2D eigenvalue weighted by atomic mass is 16.5. The molecule has 0 bridgehead atoms. The minimum absolute atomic E-state index is 0.0281. The predicted molar refractivity (Wildman–Crippen MR) is 88.7 cm³/mol. The second-order valence-electron chi connectivity index (χ2n) is 6.88. The number of alkyl carbamates (subject to hydrolysis) is 1. The van der Waals surface area contributed by atoms with Crippen molar-refractivity contribution in [1.29, 1.82) is 0 Å². The molecule has 3 aliphatic heterocycles. The number of nitrogens with one attached hydrogen (secondary N) is 1. The summed E-state index contributed by atoms with van der Waals surface area (Å²) < 4.78 is 10.4. The Balaban J connectivity index is 1.54. The molecule has 2 atom stereocenters. The summed E-state index contributed by atoms with van der Waals surface area (Å²) in [7, 11) is 0. The Hall–Kier alpha value is -1.34. The summed E-state index contributed by atoms with van der Waals surface area (Å²) >= 11 is 0. The number of piperidine rings is 1. The number of carbonyl (C=O) groups excluding carboxylic acids is 2. The van der Waals surface area contributed by atoms with Crippen LogP contribution in [0.5, 0.6) is 0 Å². The van der Waals surface area contributed by atoms with Crippen LogP contribution in [-0.2, 0) is 14.3 Å². The van der Waals surface area contributed by atoms with Crippen molar-refractivity contribution in [3.8, 4) is 0 Å². The van der Waals surface area contributed by atoms with Crippen LogP contribution in [0.2, 0.25) is 0 Å². The molecule has 0 aliphatic carbocycles. The predicted octanol–water partition coefficient (Wildman–Crippen LogP) is 0.977. The van der Waals surface area contributed by atoms with E-state index in [0.717, 1.165) is 65.0 Å². The minimum Gasteiger partial charge on any atom is -0.450 e. The number of likely N-dealkylation sites (tertiary alicyclic amines) is 2. The van der Waals surface area contributed by atoms with Crippen LogP contribution < -0.4 is 5.32 Å². The molecule has 136 valence electrons. The molecule has 0 radical (unpaired) electrons. The van der Waals surface area contributed by atoms with Crippen molar-refractivity contribution >= 4 is 12.0 Å². The molecular formula is C17H29N3O4. The van der Waals surface area contributed by atoms with Gasteiger partial charge in [-0.3, -0.25) is 9.69 Å². The van der Waals surface area contributed by atoms with Gasteiger partial charge in [0.05, 0.1) is 12.6 Å². The van der Waals surface area contributed by atoms with E-state index in [2.05, 4.69) is 15.1 Å². The Morgan fingerprint density at radius 2 is 2.04 bits per heavy atom. The molecule has 7 nitrogen and oxygen atoms in total. The lowest BCUT2D eigenvalue weighted by Crippen LogP contribution is -2.53. The standard InChI is InChI=1S/C17H29N3O4/c1-2-24-17(22)18-13-4-3-8-19(12-13)15-5-9-20(16(15)21)14-6-10-23-11-7-14/h13-15H,2-12H2,1H3,(H,18,22)/t13-,15-/m0/s1. The van der Waals surface area contributed by atoms with E-state index in [1.54, 1.807) is 6.92 Å². The average Bonchev–Trinajstić information content (AvgIpc) is 2.97. The van der Waals surface area contributed by atoms with E-state index in [1.165, 1.54) is 0 Å². The highest BCUT2D eigenvalue weighted by molar-refractivity contribution is 5.84. The third-order valence-electron chi connectivity index (χ3n) is 5.33. The molecule has 0 aromatic heterocycles.